The van der Waals surface area contributed by atoms with E-state index in [2.05, 4.69) is 146 Å². The molecule has 14 rings (SSSR count). The second-order valence-electron chi connectivity index (χ2n) is 17.8. The first-order chi connectivity index (χ1) is 34.1. The lowest BCUT2D eigenvalue weighted by molar-refractivity contribution is 0.415. The third-order valence-electron chi connectivity index (χ3n) is 13.6. The Morgan fingerprint density at radius 1 is 0.429 bits per heavy atom. The van der Waals surface area contributed by atoms with Gasteiger partial charge in [-0.2, -0.15) is 0 Å². The van der Waals surface area contributed by atoms with Gasteiger partial charge in [-0.15, -0.1) is 45.3 Å². The Morgan fingerprint density at radius 3 is 1.34 bits per heavy atom. The van der Waals surface area contributed by atoms with Crippen LogP contribution < -0.4 is 15.2 Å². The quantitative estimate of drug-likeness (QED) is 0.169. The first kappa shape index (κ1) is 43.4. The number of fused-ring (bicyclic) bond motifs is 12. The van der Waals surface area contributed by atoms with Gasteiger partial charge < -0.3 is 15.2 Å². The zero-order chi connectivity index (χ0) is 47.5. The van der Waals surface area contributed by atoms with Gasteiger partial charge in [-0.25, -0.2) is 0 Å². The fourth-order valence-electron chi connectivity index (χ4n) is 10.3. The lowest BCUT2D eigenvalue weighted by atomic mass is 9.91. The highest BCUT2D eigenvalue weighted by atomic mass is 35.5. The van der Waals surface area contributed by atoms with Crippen LogP contribution in [0.1, 0.15) is 11.1 Å². The summed E-state index contributed by atoms with van der Waals surface area (Å²) in [7, 11) is 3.41. The number of aryl methyl sites for hydroxylation is 2. The van der Waals surface area contributed by atoms with E-state index in [1.54, 1.807) is 25.6 Å². The monoisotopic (exact) mass is 1020 g/mol. The molecule has 10 heteroatoms. The van der Waals surface area contributed by atoms with E-state index in [-0.39, 0.29) is 0 Å². The van der Waals surface area contributed by atoms with Gasteiger partial charge in [0.05, 0.1) is 19.7 Å². The molecule has 340 valence electrons. The number of nitrogens with zero attached hydrogens (tertiary/aromatic N) is 1. The van der Waals surface area contributed by atoms with Crippen molar-refractivity contribution in [2.24, 2.45) is 0 Å². The van der Waals surface area contributed by atoms with Crippen molar-refractivity contribution in [3.8, 4) is 56.0 Å². The molecule has 4 nitrogen and oxygen atoms in total. The van der Waals surface area contributed by atoms with Gasteiger partial charge in [-0.05, 0) is 120 Å². The van der Waals surface area contributed by atoms with Crippen LogP contribution in [0.4, 0.5) is 5.69 Å². The summed E-state index contributed by atoms with van der Waals surface area (Å²) >= 11 is 20.7. The molecule has 0 aliphatic rings. The highest BCUT2D eigenvalue weighted by Gasteiger charge is 2.26. The Bertz CT molecular complexity index is 4390. The van der Waals surface area contributed by atoms with Gasteiger partial charge in [-0.3, -0.25) is 4.40 Å². The molecule has 2 N–H and O–H groups in total. The number of nitrogens with two attached hydrogens (primary N) is 1. The van der Waals surface area contributed by atoms with Gasteiger partial charge in [0.1, 0.15) is 29.8 Å². The van der Waals surface area contributed by atoms with Gasteiger partial charge in [-0.1, -0.05) is 108 Å². The molecule has 6 aromatic heterocycles. The first-order valence-corrected chi connectivity index (χ1v) is 26.8. The molecule has 8 aromatic carbocycles. The summed E-state index contributed by atoms with van der Waals surface area (Å²) in [5.74, 6) is 1.70. The molecule has 0 radical (unpaired) electrons. The Kier molecular flexibility index (Phi) is 10.4. The Hall–Kier alpha value is -6.62. The molecule has 0 saturated heterocycles. The number of hydrogen-bond acceptors (Lipinski definition) is 7. The number of methoxy groups -OCH3 is 2. The molecule has 0 spiro atoms. The van der Waals surface area contributed by atoms with E-state index >= 15 is 0 Å². The predicted octanol–water partition coefficient (Wildman–Crippen LogP) is 19.6. The maximum atomic E-state index is 6.99. The second kappa shape index (κ2) is 16.8. The maximum Gasteiger partial charge on any atom is 0.120 e. The van der Waals surface area contributed by atoms with Crippen molar-refractivity contribution in [2.45, 2.75) is 13.8 Å². The van der Waals surface area contributed by atoms with E-state index in [0.717, 1.165) is 69.4 Å². The van der Waals surface area contributed by atoms with Gasteiger partial charge in [0.15, 0.2) is 0 Å². The van der Waals surface area contributed by atoms with Crippen molar-refractivity contribution < 1.29 is 9.47 Å². The van der Waals surface area contributed by atoms with Crippen LogP contribution in [-0.4, -0.2) is 18.6 Å². The second-order valence-corrected chi connectivity index (χ2v) is 23.1. The van der Waals surface area contributed by atoms with Gasteiger partial charge in [0.2, 0.25) is 0 Å². The SMILES string of the molecule is COc1ccc2c(-c3cc(-c4ccccc4)cc(-c4c(Cl)sc5cc(C)ccc45)c3N)c(Cl)sc2c1.COc1ccc2c(c1)sc1c2c2cc(-c3ccccc3)cc3c4c5ccc(C)cc5sc4n1c32. The van der Waals surface area contributed by atoms with E-state index in [0.29, 0.717) is 10.0 Å². The normalized spacial score (nSPS) is 11.9. The van der Waals surface area contributed by atoms with Crippen molar-refractivity contribution >= 4 is 151 Å². The molecule has 0 amide bonds. The number of benzene rings is 8. The fraction of sp³-hybridized carbons (Fsp3) is 0.0667. The van der Waals surface area contributed by atoms with Gasteiger partial charge in [0.25, 0.3) is 0 Å². The largest absolute Gasteiger partial charge is 0.497 e. The van der Waals surface area contributed by atoms with E-state index in [1.165, 1.54) is 90.5 Å². The maximum absolute atomic E-state index is 6.99. The van der Waals surface area contributed by atoms with Gasteiger partial charge in [0, 0.05) is 89.8 Å². The number of aromatic nitrogens is 1. The highest BCUT2D eigenvalue weighted by molar-refractivity contribution is 7.27. The van der Waals surface area contributed by atoms with Crippen LogP contribution in [0.25, 0.3) is 122 Å². The van der Waals surface area contributed by atoms with Crippen LogP contribution >= 0.6 is 68.5 Å². The van der Waals surface area contributed by atoms with Crippen LogP contribution in [0.2, 0.25) is 8.67 Å². The average Bonchev–Trinajstić information content (AvgIpc) is 4.22. The van der Waals surface area contributed by atoms with E-state index in [9.17, 15) is 0 Å². The molecule has 0 bridgehead atoms. The van der Waals surface area contributed by atoms with E-state index in [4.69, 9.17) is 38.4 Å². The van der Waals surface area contributed by atoms with Gasteiger partial charge >= 0.3 is 0 Å². The van der Waals surface area contributed by atoms with Crippen molar-refractivity contribution in [1.82, 2.24) is 4.40 Å². The lowest BCUT2D eigenvalue weighted by Gasteiger charge is -2.16. The topological polar surface area (TPSA) is 48.9 Å². The highest BCUT2D eigenvalue weighted by Crippen LogP contribution is 2.53. The van der Waals surface area contributed by atoms with Crippen LogP contribution in [0, 0.1) is 13.8 Å². The van der Waals surface area contributed by atoms with Crippen molar-refractivity contribution in [3.63, 3.8) is 0 Å². The molecule has 0 atom stereocenters. The molecular formula is C60H40Cl2N2O2S4. The number of nitrogen functional groups attached to an aromatic ring is 1. The summed E-state index contributed by atoms with van der Waals surface area (Å²) in [6.07, 6.45) is 0. The number of thiophene rings is 4. The summed E-state index contributed by atoms with van der Waals surface area (Å²) in [5, 5.41) is 10.2. The van der Waals surface area contributed by atoms with Crippen LogP contribution in [0.5, 0.6) is 11.5 Å². The first-order valence-electron chi connectivity index (χ1n) is 22.8. The molecule has 70 heavy (non-hydrogen) atoms. The van der Waals surface area contributed by atoms with Crippen LogP contribution in [0.15, 0.2) is 158 Å². The Labute approximate surface area is 429 Å². The zero-order valence-corrected chi connectivity index (χ0v) is 43.0. The molecule has 0 aliphatic carbocycles. The molecule has 0 aliphatic heterocycles. The van der Waals surface area contributed by atoms with Crippen LogP contribution in [-0.2, 0) is 0 Å². The summed E-state index contributed by atoms with van der Waals surface area (Å²) in [5.41, 5.74) is 19.9. The van der Waals surface area contributed by atoms with Crippen molar-refractivity contribution in [2.75, 3.05) is 20.0 Å². The number of ether oxygens (including phenoxy) is 2. The molecule has 14 aromatic rings. The summed E-state index contributed by atoms with van der Waals surface area (Å²) < 4.78 is 19.7. The molecule has 6 heterocycles. The molecule has 0 unspecified atom stereocenters. The average molecular weight is 1020 g/mol. The van der Waals surface area contributed by atoms with E-state index < -0.39 is 0 Å². The third-order valence-corrected chi connectivity index (χ3v) is 18.6. The minimum Gasteiger partial charge on any atom is -0.497 e. The number of rotatable bonds is 6. The summed E-state index contributed by atoms with van der Waals surface area (Å²) in [4.78, 5) is 2.67. The standard InChI is InChI=1S/C30H21Cl2NOS2.C30H19NOS2/c1-16-8-10-20-24(12-16)35-29(31)26(20)22-13-18(17-6-4-3-5-7-17)14-23(28(22)33)27-21-11-9-19(34-2)15-25(21)36-30(27)32;1-16-8-10-20-24(12-16)33-29-26(20)22-13-18(17-6-4-3-5-7-17)14-23-27-21-11-9-19(32-2)15-25(21)34-30(27)31(29)28(22)23/h3-15H,33H2,1-2H3;3-15H,1-2H3. The number of anilines is 1. The third kappa shape index (κ3) is 6.80. The molecule has 0 fully saturated rings. The Morgan fingerprint density at radius 2 is 0.843 bits per heavy atom. The number of halogens is 2. The Balaban J connectivity index is 0.000000137. The molecule has 0 saturated carbocycles. The zero-order valence-electron chi connectivity index (χ0n) is 38.2. The van der Waals surface area contributed by atoms with Crippen LogP contribution in [0.3, 0.4) is 0 Å². The fourth-order valence-corrected chi connectivity index (χ4v) is 15.8. The summed E-state index contributed by atoms with van der Waals surface area (Å²) in [6, 6.07) is 55.9. The smallest absolute Gasteiger partial charge is 0.120 e. The van der Waals surface area contributed by atoms with E-state index in [1.807, 2.05) is 53.0 Å². The van der Waals surface area contributed by atoms with Crippen molar-refractivity contribution in [3.05, 3.63) is 178 Å². The number of hydrogen-bond donors (Lipinski definition) is 1. The van der Waals surface area contributed by atoms with Crippen molar-refractivity contribution in [1.29, 1.82) is 0 Å². The summed E-state index contributed by atoms with van der Waals surface area (Å²) in [6.45, 7) is 4.27. The minimum absolute atomic E-state index is 0.661. The minimum atomic E-state index is 0.661. The molecular weight excluding hydrogens is 980 g/mol. The lowest BCUT2D eigenvalue weighted by Crippen LogP contribution is -1.96. The predicted molar refractivity (Wildman–Crippen MR) is 308 cm³/mol.